The third-order valence-corrected chi connectivity index (χ3v) is 1.04. The first-order chi connectivity index (χ1) is 5.60. The Balaban J connectivity index is 0. The molecule has 0 fully saturated rings. The van der Waals surface area contributed by atoms with Crippen LogP contribution in [-0.4, -0.2) is 23.8 Å². The number of hydrogen-bond donors (Lipinski definition) is 0. The van der Waals surface area contributed by atoms with Gasteiger partial charge in [-0.25, -0.2) is 4.79 Å². The number of hydrogen-bond acceptors (Lipinski definition) is 3. The molecule has 0 radical (unpaired) electrons. The minimum Gasteiger partial charge on any atom is -0.458 e. The van der Waals surface area contributed by atoms with Gasteiger partial charge in [0.15, 0.2) is 0 Å². The zero-order chi connectivity index (χ0) is 10.7. The van der Waals surface area contributed by atoms with Crippen molar-refractivity contribution in [2.75, 3.05) is 6.61 Å². The Bertz CT molecular complexity index is 172. The van der Waals surface area contributed by atoms with E-state index < -0.39 is 5.60 Å². The van der Waals surface area contributed by atoms with E-state index >= 15 is 0 Å². The van der Waals surface area contributed by atoms with Gasteiger partial charge < -0.3 is 9.47 Å². The van der Waals surface area contributed by atoms with E-state index in [0.29, 0.717) is 0 Å². The van der Waals surface area contributed by atoms with Crippen molar-refractivity contribution in [3.63, 3.8) is 0 Å². The van der Waals surface area contributed by atoms with Crippen LogP contribution in [-0.2, 0) is 14.3 Å². The second-order valence-electron chi connectivity index (χ2n) is 4.99. The third-order valence-electron chi connectivity index (χ3n) is 1.04. The van der Waals surface area contributed by atoms with Crippen LogP contribution in [0.3, 0.4) is 0 Å². The molecule has 0 amide bonds. The average molecular weight is 204 g/mol. The topological polar surface area (TPSA) is 35.5 Å². The Labute approximate surface area is 87.8 Å². The summed E-state index contributed by atoms with van der Waals surface area (Å²) in [6.07, 6.45) is 0. The first-order valence-corrected chi connectivity index (χ1v) is 4.46. The van der Waals surface area contributed by atoms with Gasteiger partial charge in [0.1, 0.15) is 12.2 Å². The molecule has 14 heavy (non-hydrogen) atoms. The molecule has 0 unspecified atom stereocenters. The Kier molecular flexibility index (Phi) is 6.06. The van der Waals surface area contributed by atoms with Crippen LogP contribution in [0.25, 0.3) is 0 Å². The zero-order valence-electron chi connectivity index (χ0n) is 9.43. The van der Waals surface area contributed by atoms with Crippen LogP contribution in [0.2, 0.25) is 0 Å². The molecule has 0 aliphatic heterocycles. The first kappa shape index (κ1) is 15.9. The van der Waals surface area contributed by atoms with Crippen LogP contribution < -0.4 is 0 Å². The number of rotatable bonds is 2. The predicted molar refractivity (Wildman–Crippen MR) is 58.3 cm³/mol. The molecule has 0 bridgehead atoms. The quantitative estimate of drug-likeness (QED) is 0.649. The van der Waals surface area contributed by atoms with E-state index in [2.05, 4.69) is 0 Å². The average Bonchev–Trinajstić information content (AvgIpc) is 1.78. The molecule has 0 aliphatic rings. The fraction of sp³-hybridized carbons (Fsp3) is 0.909. The van der Waals surface area contributed by atoms with Gasteiger partial charge in [0.05, 0.1) is 5.60 Å². The molecule has 3 nitrogen and oxygen atoms in total. The second-order valence-corrected chi connectivity index (χ2v) is 4.99. The third kappa shape index (κ3) is 11.4. The fourth-order valence-electron chi connectivity index (χ4n) is 0.646. The molecular formula is C11H24O3. The maximum absolute atomic E-state index is 11.2. The van der Waals surface area contributed by atoms with E-state index in [4.69, 9.17) is 9.47 Å². The molecule has 0 rings (SSSR count). The van der Waals surface area contributed by atoms with Crippen LogP contribution >= 0.6 is 0 Å². The van der Waals surface area contributed by atoms with E-state index in [1.165, 1.54) is 0 Å². The molecule has 0 aromatic carbocycles. The Morgan fingerprint density at radius 2 is 1.43 bits per heavy atom. The van der Waals surface area contributed by atoms with Crippen molar-refractivity contribution in [1.29, 1.82) is 0 Å². The maximum atomic E-state index is 11.2. The summed E-state index contributed by atoms with van der Waals surface area (Å²) < 4.78 is 10.3. The number of carbonyl (C=O) groups is 1. The highest BCUT2D eigenvalue weighted by molar-refractivity contribution is 5.71. The lowest BCUT2D eigenvalue weighted by molar-refractivity contribution is -0.164. The summed E-state index contributed by atoms with van der Waals surface area (Å²) >= 11 is 0. The van der Waals surface area contributed by atoms with E-state index in [9.17, 15) is 4.79 Å². The summed E-state index contributed by atoms with van der Waals surface area (Å²) in [5.74, 6) is -0.317. The van der Waals surface area contributed by atoms with E-state index in [0.717, 1.165) is 0 Å². The molecule has 0 saturated heterocycles. The van der Waals surface area contributed by atoms with Crippen molar-refractivity contribution in [3.05, 3.63) is 0 Å². The standard InChI is InChI=1S/C10H20O3.CH4/c1-9(2,3)12-7-8(11)13-10(4,5)6;/h7H2,1-6H3;1H4. The van der Waals surface area contributed by atoms with Crippen LogP contribution in [0.1, 0.15) is 49.0 Å². The van der Waals surface area contributed by atoms with Gasteiger partial charge in [-0.05, 0) is 41.5 Å². The molecule has 0 aromatic rings. The Morgan fingerprint density at radius 3 is 1.71 bits per heavy atom. The minimum atomic E-state index is -0.432. The summed E-state index contributed by atoms with van der Waals surface area (Å²) in [6.45, 7) is 11.2. The molecule has 3 heteroatoms. The summed E-state index contributed by atoms with van der Waals surface area (Å²) in [5.41, 5.74) is -0.727. The van der Waals surface area contributed by atoms with Gasteiger partial charge >= 0.3 is 5.97 Å². The lowest BCUT2D eigenvalue weighted by Crippen LogP contribution is -2.30. The number of ether oxygens (including phenoxy) is 2. The van der Waals surface area contributed by atoms with E-state index in [-0.39, 0.29) is 25.6 Å². The van der Waals surface area contributed by atoms with Crippen LogP contribution in [0.4, 0.5) is 0 Å². The van der Waals surface area contributed by atoms with Crippen LogP contribution in [0.5, 0.6) is 0 Å². The van der Waals surface area contributed by atoms with Crippen LogP contribution in [0, 0.1) is 0 Å². The largest absolute Gasteiger partial charge is 0.458 e. The second kappa shape index (κ2) is 5.35. The normalized spacial score (nSPS) is 11.9. The summed E-state index contributed by atoms with van der Waals surface area (Å²) in [7, 11) is 0. The van der Waals surface area contributed by atoms with Gasteiger partial charge in [-0.2, -0.15) is 0 Å². The fourth-order valence-corrected chi connectivity index (χ4v) is 0.646. The molecule has 0 atom stereocenters. The Morgan fingerprint density at radius 1 is 1.00 bits per heavy atom. The summed E-state index contributed by atoms with van der Waals surface area (Å²) in [5, 5.41) is 0. The zero-order valence-corrected chi connectivity index (χ0v) is 9.43. The molecule has 0 N–H and O–H groups in total. The molecule has 0 aliphatic carbocycles. The van der Waals surface area contributed by atoms with Gasteiger partial charge in [-0.3, -0.25) is 0 Å². The highest BCUT2D eigenvalue weighted by Gasteiger charge is 2.18. The van der Waals surface area contributed by atoms with Gasteiger partial charge in [0.25, 0.3) is 0 Å². The number of carbonyl (C=O) groups excluding carboxylic acids is 1. The Hall–Kier alpha value is -0.570. The molecule has 86 valence electrons. The summed E-state index contributed by atoms with van der Waals surface area (Å²) in [6, 6.07) is 0. The predicted octanol–water partition coefficient (Wildman–Crippen LogP) is 2.78. The van der Waals surface area contributed by atoms with Crippen molar-refractivity contribution in [1.82, 2.24) is 0 Å². The molecule has 0 saturated carbocycles. The van der Waals surface area contributed by atoms with Crippen LogP contribution in [0.15, 0.2) is 0 Å². The summed E-state index contributed by atoms with van der Waals surface area (Å²) in [4.78, 5) is 11.2. The SMILES string of the molecule is C.CC(C)(C)OCC(=O)OC(C)(C)C. The van der Waals surface area contributed by atoms with Gasteiger partial charge in [0.2, 0.25) is 0 Å². The monoisotopic (exact) mass is 204 g/mol. The van der Waals surface area contributed by atoms with Gasteiger partial charge in [0, 0.05) is 0 Å². The van der Waals surface area contributed by atoms with Crippen molar-refractivity contribution >= 4 is 5.97 Å². The van der Waals surface area contributed by atoms with Gasteiger partial charge in [-0.1, -0.05) is 7.43 Å². The van der Waals surface area contributed by atoms with Crippen molar-refractivity contribution in [3.8, 4) is 0 Å². The highest BCUT2D eigenvalue weighted by atomic mass is 16.6. The number of esters is 1. The lowest BCUT2D eigenvalue weighted by atomic mass is 10.2. The highest BCUT2D eigenvalue weighted by Crippen LogP contribution is 2.10. The molecule has 0 spiro atoms. The first-order valence-electron chi connectivity index (χ1n) is 4.46. The molecule has 0 aromatic heterocycles. The van der Waals surface area contributed by atoms with Crippen molar-refractivity contribution in [2.45, 2.75) is 60.2 Å². The maximum Gasteiger partial charge on any atom is 0.332 e. The smallest absolute Gasteiger partial charge is 0.332 e. The van der Waals surface area contributed by atoms with E-state index in [1.807, 2.05) is 41.5 Å². The van der Waals surface area contributed by atoms with Gasteiger partial charge in [-0.15, -0.1) is 0 Å². The molecule has 0 heterocycles. The minimum absolute atomic E-state index is 0. The van der Waals surface area contributed by atoms with Crippen molar-refractivity contribution < 1.29 is 14.3 Å². The lowest BCUT2D eigenvalue weighted by Gasteiger charge is -2.22. The van der Waals surface area contributed by atoms with E-state index in [1.54, 1.807) is 0 Å². The molecular weight excluding hydrogens is 180 g/mol. The van der Waals surface area contributed by atoms with Crippen molar-refractivity contribution in [2.24, 2.45) is 0 Å².